The van der Waals surface area contributed by atoms with Gasteiger partial charge in [-0.2, -0.15) is 13.2 Å². The third-order valence-corrected chi connectivity index (χ3v) is 3.39. The van der Waals surface area contributed by atoms with E-state index in [1.54, 1.807) is 0 Å². The van der Waals surface area contributed by atoms with E-state index in [0.29, 0.717) is 5.56 Å². The maximum absolute atomic E-state index is 12.5. The number of ether oxygens (including phenoxy) is 2. The molecule has 0 radical (unpaired) electrons. The number of hydrogen-bond acceptors (Lipinski definition) is 5. The summed E-state index contributed by atoms with van der Waals surface area (Å²) in [6.45, 7) is -0.448. The Morgan fingerprint density at radius 1 is 1.21 bits per heavy atom. The molecule has 0 atom stereocenters. The second kappa shape index (κ2) is 8.77. The highest BCUT2D eigenvalue weighted by Crippen LogP contribution is 2.30. The third-order valence-electron chi connectivity index (χ3n) is 3.39. The summed E-state index contributed by atoms with van der Waals surface area (Å²) >= 11 is 0. The Morgan fingerprint density at radius 3 is 2.46 bits per heavy atom. The molecule has 0 bridgehead atoms. The fourth-order valence-corrected chi connectivity index (χ4v) is 2.07. The van der Waals surface area contributed by atoms with Crippen molar-refractivity contribution in [2.75, 3.05) is 11.9 Å². The largest absolute Gasteiger partial charge is 0.480 e. The van der Waals surface area contributed by atoms with Crippen LogP contribution < -0.4 is 10.1 Å². The number of nitro benzene ring substituents is 1. The molecular weight excluding hydrogens is 381 g/mol. The first-order chi connectivity index (χ1) is 13.2. The van der Waals surface area contributed by atoms with E-state index in [9.17, 15) is 28.1 Å². The highest BCUT2D eigenvalue weighted by molar-refractivity contribution is 5.84. The zero-order chi connectivity index (χ0) is 20.7. The van der Waals surface area contributed by atoms with E-state index in [1.165, 1.54) is 12.1 Å². The number of non-ortho nitro benzene ring substituents is 1. The molecule has 28 heavy (non-hydrogen) atoms. The smallest absolute Gasteiger partial charge is 0.416 e. The lowest BCUT2D eigenvalue weighted by Gasteiger charge is -2.11. The summed E-state index contributed by atoms with van der Waals surface area (Å²) in [5, 5.41) is 13.1. The Balaban J connectivity index is 2.02. The van der Waals surface area contributed by atoms with Gasteiger partial charge in [-0.05, 0) is 30.3 Å². The SMILES string of the molecule is C#CCOc1cc([N+](=O)[O-])ccc1COC(=O)Nc1ccc(C(F)(F)F)cc1. The number of amides is 1. The van der Waals surface area contributed by atoms with E-state index in [4.69, 9.17) is 15.9 Å². The Labute approximate surface area is 157 Å². The number of alkyl halides is 3. The van der Waals surface area contributed by atoms with Crippen LogP contribution in [-0.2, 0) is 17.5 Å². The van der Waals surface area contributed by atoms with Gasteiger partial charge >= 0.3 is 12.3 Å². The van der Waals surface area contributed by atoms with Gasteiger partial charge in [-0.25, -0.2) is 4.79 Å². The molecule has 146 valence electrons. The number of nitrogens with one attached hydrogen (secondary N) is 1. The molecule has 0 fully saturated rings. The van der Waals surface area contributed by atoms with Gasteiger partial charge in [0.1, 0.15) is 19.0 Å². The number of terminal acetylenes is 1. The minimum Gasteiger partial charge on any atom is -0.480 e. The van der Waals surface area contributed by atoms with Crippen molar-refractivity contribution < 1.29 is 32.4 Å². The number of nitro groups is 1. The Bertz CT molecular complexity index is 905. The quantitative estimate of drug-likeness (QED) is 0.446. The van der Waals surface area contributed by atoms with Crippen LogP contribution in [0.25, 0.3) is 0 Å². The van der Waals surface area contributed by atoms with Crippen LogP contribution in [0.2, 0.25) is 0 Å². The summed E-state index contributed by atoms with van der Waals surface area (Å²) in [4.78, 5) is 22.0. The predicted octanol–water partition coefficient (Wildman–Crippen LogP) is 4.37. The molecule has 0 saturated heterocycles. The van der Waals surface area contributed by atoms with E-state index in [2.05, 4.69) is 11.2 Å². The normalized spacial score (nSPS) is 10.6. The monoisotopic (exact) mass is 394 g/mol. The van der Waals surface area contributed by atoms with Crippen molar-refractivity contribution >= 4 is 17.5 Å². The minimum absolute atomic E-state index is 0.0782. The number of carbonyl (C=O) groups is 1. The zero-order valence-corrected chi connectivity index (χ0v) is 14.2. The Kier molecular flexibility index (Phi) is 6.44. The first-order valence-electron chi connectivity index (χ1n) is 7.65. The molecule has 2 rings (SSSR count). The van der Waals surface area contributed by atoms with Gasteiger partial charge in [0.05, 0.1) is 16.6 Å². The molecule has 0 aliphatic carbocycles. The van der Waals surface area contributed by atoms with Crippen LogP contribution in [0.4, 0.5) is 29.3 Å². The second-order valence-electron chi connectivity index (χ2n) is 5.32. The first kappa shape index (κ1) is 20.6. The van der Waals surface area contributed by atoms with Crippen molar-refractivity contribution in [3.8, 4) is 18.1 Å². The van der Waals surface area contributed by atoms with Crippen LogP contribution >= 0.6 is 0 Å². The zero-order valence-electron chi connectivity index (χ0n) is 14.2. The molecule has 1 amide bonds. The van der Waals surface area contributed by atoms with Crippen LogP contribution in [0.5, 0.6) is 5.75 Å². The molecule has 0 heterocycles. The molecule has 2 aromatic rings. The van der Waals surface area contributed by atoms with Crippen molar-refractivity contribution in [2.45, 2.75) is 12.8 Å². The summed E-state index contributed by atoms with van der Waals surface area (Å²) in [6, 6.07) is 7.48. The van der Waals surface area contributed by atoms with Crippen LogP contribution in [0, 0.1) is 22.5 Å². The molecular formula is C18H13F3N2O5. The number of rotatable bonds is 6. The van der Waals surface area contributed by atoms with Crippen LogP contribution in [0.1, 0.15) is 11.1 Å². The molecule has 10 heteroatoms. The summed E-state index contributed by atoms with van der Waals surface area (Å²) < 4.78 is 47.7. The average Bonchev–Trinajstić information content (AvgIpc) is 2.64. The van der Waals surface area contributed by atoms with Crippen molar-refractivity contribution in [1.82, 2.24) is 0 Å². The van der Waals surface area contributed by atoms with Gasteiger partial charge in [0.15, 0.2) is 0 Å². The van der Waals surface area contributed by atoms with Gasteiger partial charge in [0.2, 0.25) is 0 Å². The summed E-state index contributed by atoms with van der Waals surface area (Å²) in [5.41, 5.74) is -0.661. The van der Waals surface area contributed by atoms with E-state index >= 15 is 0 Å². The molecule has 0 aliphatic heterocycles. The van der Waals surface area contributed by atoms with Gasteiger partial charge in [-0.3, -0.25) is 15.4 Å². The Morgan fingerprint density at radius 2 is 1.89 bits per heavy atom. The number of carbonyl (C=O) groups excluding carboxylic acids is 1. The van der Waals surface area contributed by atoms with Crippen molar-refractivity contribution in [2.24, 2.45) is 0 Å². The number of nitrogens with zero attached hydrogens (tertiary/aromatic N) is 1. The number of hydrogen-bond donors (Lipinski definition) is 1. The van der Waals surface area contributed by atoms with Crippen LogP contribution in [0.15, 0.2) is 42.5 Å². The van der Waals surface area contributed by atoms with E-state index in [-0.39, 0.29) is 30.3 Å². The lowest BCUT2D eigenvalue weighted by Crippen LogP contribution is -2.14. The average molecular weight is 394 g/mol. The van der Waals surface area contributed by atoms with E-state index in [0.717, 1.165) is 30.3 Å². The van der Waals surface area contributed by atoms with E-state index in [1.807, 2.05) is 0 Å². The molecule has 0 aromatic heterocycles. The fraction of sp³-hybridized carbons (Fsp3) is 0.167. The van der Waals surface area contributed by atoms with Gasteiger partial charge < -0.3 is 9.47 Å². The maximum Gasteiger partial charge on any atom is 0.416 e. The highest BCUT2D eigenvalue weighted by atomic mass is 19.4. The molecule has 7 nitrogen and oxygen atoms in total. The van der Waals surface area contributed by atoms with Crippen molar-refractivity contribution in [1.29, 1.82) is 0 Å². The van der Waals surface area contributed by atoms with Gasteiger partial charge in [-0.1, -0.05) is 5.92 Å². The fourth-order valence-electron chi connectivity index (χ4n) is 2.07. The van der Waals surface area contributed by atoms with Crippen LogP contribution in [-0.4, -0.2) is 17.6 Å². The first-order valence-corrected chi connectivity index (χ1v) is 7.65. The van der Waals surface area contributed by atoms with Crippen molar-refractivity contribution in [3.63, 3.8) is 0 Å². The molecule has 0 aliphatic rings. The summed E-state index contributed by atoms with van der Waals surface area (Å²) in [5.74, 6) is 2.29. The highest BCUT2D eigenvalue weighted by Gasteiger charge is 2.30. The standard InChI is InChI=1S/C18H13F3N2O5/c1-2-9-27-16-10-15(23(25)26)8-3-12(16)11-28-17(24)22-14-6-4-13(5-7-14)18(19,20)21/h1,3-8,10H,9,11H2,(H,22,24). The number of anilines is 1. The number of benzene rings is 2. The molecule has 1 N–H and O–H groups in total. The maximum atomic E-state index is 12.5. The number of halogens is 3. The lowest BCUT2D eigenvalue weighted by atomic mass is 10.2. The van der Waals surface area contributed by atoms with Crippen LogP contribution in [0.3, 0.4) is 0 Å². The second-order valence-corrected chi connectivity index (χ2v) is 5.32. The lowest BCUT2D eigenvalue weighted by molar-refractivity contribution is -0.385. The van der Waals surface area contributed by atoms with Gasteiger partial charge in [-0.15, -0.1) is 6.42 Å². The molecule has 0 spiro atoms. The Hall–Kier alpha value is -3.74. The third kappa shape index (κ3) is 5.63. The predicted molar refractivity (Wildman–Crippen MR) is 92.7 cm³/mol. The van der Waals surface area contributed by atoms with Gasteiger partial charge in [0, 0.05) is 17.3 Å². The molecule has 0 unspecified atom stereocenters. The van der Waals surface area contributed by atoms with Crippen molar-refractivity contribution in [3.05, 3.63) is 63.7 Å². The topological polar surface area (TPSA) is 90.7 Å². The molecule has 2 aromatic carbocycles. The minimum atomic E-state index is -4.48. The van der Waals surface area contributed by atoms with E-state index < -0.39 is 22.8 Å². The summed E-state index contributed by atoms with van der Waals surface area (Å²) in [7, 11) is 0. The summed E-state index contributed by atoms with van der Waals surface area (Å²) in [6.07, 6.45) is -0.317. The van der Waals surface area contributed by atoms with Gasteiger partial charge in [0.25, 0.3) is 5.69 Å². The molecule has 0 saturated carbocycles.